The number of hydrogen-bond donors (Lipinski definition) is 2. The van der Waals surface area contributed by atoms with Crippen molar-refractivity contribution in [2.24, 2.45) is 0 Å². The fourth-order valence-corrected chi connectivity index (χ4v) is 3.33. The Hall–Kier alpha value is -3.36. The predicted octanol–water partition coefficient (Wildman–Crippen LogP) is 3.14. The number of aryl methyl sites for hydroxylation is 1. The second-order valence-electron chi connectivity index (χ2n) is 7.61. The van der Waals surface area contributed by atoms with Crippen molar-refractivity contribution in [2.75, 3.05) is 13.1 Å². The van der Waals surface area contributed by atoms with Gasteiger partial charge in [-0.25, -0.2) is 4.79 Å². The SMILES string of the molecule is Cc1ccc(C2(C)NC(=O)N(CC(=O)NCCc3ccc(C(F)(F)F)cc3)C2=O)cc1. The second-order valence-corrected chi connectivity index (χ2v) is 7.61. The van der Waals surface area contributed by atoms with E-state index in [1.165, 1.54) is 12.1 Å². The Morgan fingerprint density at radius 1 is 1.06 bits per heavy atom. The van der Waals surface area contributed by atoms with Crippen molar-refractivity contribution in [3.63, 3.8) is 0 Å². The minimum absolute atomic E-state index is 0.156. The van der Waals surface area contributed by atoms with E-state index in [0.717, 1.165) is 22.6 Å². The van der Waals surface area contributed by atoms with Crippen LogP contribution in [0.25, 0.3) is 0 Å². The average Bonchev–Trinajstić information content (AvgIpc) is 2.92. The standard InChI is InChI=1S/C22H22F3N3O3/c1-14-3-7-16(8-4-14)21(2)19(30)28(20(31)27-21)13-18(29)26-12-11-15-5-9-17(10-6-15)22(23,24)25/h3-10H,11-13H2,1-2H3,(H,26,29)(H,27,31). The number of hydrogen-bond acceptors (Lipinski definition) is 3. The van der Waals surface area contributed by atoms with Gasteiger partial charge in [0.05, 0.1) is 5.56 Å². The van der Waals surface area contributed by atoms with Gasteiger partial charge in [-0.15, -0.1) is 0 Å². The van der Waals surface area contributed by atoms with Gasteiger partial charge in [0.2, 0.25) is 5.91 Å². The number of urea groups is 1. The third-order valence-corrected chi connectivity index (χ3v) is 5.22. The third-order valence-electron chi connectivity index (χ3n) is 5.22. The minimum atomic E-state index is -4.40. The number of halogens is 3. The Labute approximate surface area is 177 Å². The van der Waals surface area contributed by atoms with Gasteiger partial charge < -0.3 is 10.6 Å². The normalized spacial score (nSPS) is 18.8. The molecule has 0 radical (unpaired) electrons. The summed E-state index contributed by atoms with van der Waals surface area (Å²) in [6.45, 7) is 3.20. The molecule has 0 aliphatic carbocycles. The first-order chi connectivity index (χ1) is 14.5. The highest BCUT2D eigenvalue weighted by molar-refractivity contribution is 6.09. The summed E-state index contributed by atoms with van der Waals surface area (Å²) >= 11 is 0. The van der Waals surface area contributed by atoms with Crippen LogP contribution in [-0.2, 0) is 27.7 Å². The van der Waals surface area contributed by atoms with E-state index >= 15 is 0 Å². The monoisotopic (exact) mass is 433 g/mol. The fraction of sp³-hybridized carbons (Fsp3) is 0.318. The highest BCUT2D eigenvalue weighted by Crippen LogP contribution is 2.30. The lowest BCUT2D eigenvalue weighted by Crippen LogP contribution is -2.43. The zero-order valence-corrected chi connectivity index (χ0v) is 17.0. The van der Waals surface area contributed by atoms with Crippen molar-refractivity contribution < 1.29 is 27.6 Å². The molecule has 1 saturated heterocycles. The number of nitrogens with zero attached hydrogens (tertiary/aromatic N) is 1. The molecular formula is C22H22F3N3O3. The molecule has 6 nitrogen and oxygen atoms in total. The lowest BCUT2D eigenvalue weighted by Gasteiger charge is -2.22. The smallest absolute Gasteiger partial charge is 0.354 e. The maximum absolute atomic E-state index is 12.8. The highest BCUT2D eigenvalue weighted by atomic mass is 19.4. The first-order valence-corrected chi connectivity index (χ1v) is 9.65. The number of alkyl halides is 3. The molecule has 1 aliphatic rings. The fourth-order valence-electron chi connectivity index (χ4n) is 3.33. The van der Waals surface area contributed by atoms with E-state index in [2.05, 4.69) is 10.6 Å². The van der Waals surface area contributed by atoms with E-state index < -0.39 is 41.7 Å². The molecule has 2 N–H and O–H groups in total. The van der Waals surface area contributed by atoms with Crippen molar-refractivity contribution in [3.05, 3.63) is 70.8 Å². The summed E-state index contributed by atoms with van der Waals surface area (Å²) in [5.74, 6) is -1.07. The number of carbonyl (C=O) groups is 3. The van der Waals surface area contributed by atoms with Gasteiger partial charge in [-0.3, -0.25) is 14.5 Å². The van der Waals surface area contributed by atoms with E-state index in [1.54, 1.807) is 19.1 Å². The molecular weight excluding hydrogens is 411 g/mol. The van der Waals surface area contributed by atoms with E-state index in [1.807, 2.05) is 19.1 Å². The summed E-state index contributed by atoms with van der Waals surface area (Å²) in [7, 11) is 0. The first-order valence-electron chi connectivity index (χ1n) is 9.65. The molecule has 2 aromatic carbocycles. The molecule has 0 aromatic heterocycles. The summed E-state index contributed by atoms with van der Waals surface area (Å²) < 4.78 is 37.8. The molecule has 1 atom stereocenters. The van der Waals surface area contributed by atoms with Crippen LogP contribution < -0.4 is 10.6 Å². The maximum atomic E-state index is 12.8. The van der Waals surface area contributed by atoms with Crippen molar-refractivity contribution in [3.8, 4) is 0 Å². The van der Waals surface area contributed by atoms with Gasteiger partial charge in [0, 0.05) is 6.54 Å². The molecule has 1 aliphatic heterocycles. The summed E-state index contributed by atoms with van der Waals surface area (Å²) in [6.07, 6.45) is -4.09. The lowest BCUT2D eigenvalue weighted by atomic mass is 9.91. The molecule has 1 unspecified atom stereocenters. The minimum Gasteiger partial charge on any atom is -0.354 e. The predicted molar refractivity (Wildman–Crippen MR) is 107 cm³/mol. The molecule has 1 heterocycles. The Morgan fingerprint density at radius 2 is 1.68 bits per heavy atom. The Morgan fingerprint density at radius 3 is 2.26 bits per heavy atom. The van der Waals surface area contributed by atoms with Crippen LogP contribution in [0.2, 0.25) is 0 Å². The summed E-state index contributed by atoms with van der Waals surface area (Å²) in [4.78, 5) is 38.2. The van der Waals surface area contributed by atoms with Crippen LogP contribution in [0.5, 0.6) is 0 Å². The van der Waals surface area contributed by atoms with Gasteiger partial charge in [0.1, 0.15) is 12.1 Å². The highest BCUT2D eigenvalue weighted by Gasteiger charge is 2.49. The Kier molecular flexibility index (Phi) is 6.06. The lowest BCUT2D eigenvalue weighted by molar-refractivity contribution is -0.137. The summed E-state index contributed by atoms with van der Waals surface area (Å²) in [6, 6.07) is 11.2. The van der Waals surface area contributed by atoms with Crippen molar-refractivity contribution in [1.29, 1.82) is 0 Å². The molecule has 4 amide bonds. The first kappa shape index (κ1) is 22.3. The zero-order valence-electron chi connectivity index (χ0n) is 17.0. The third kappa shape index (κ3) is 4.87. The summed E-state index contributed by atoms with van der Waals surface area (Å²) in [5, 5.41) is 5.22. The number of amides is 4. The van der Waals surface area contributed by atoms with Crippen LogP contribution >= 0.6 is 0 Å². The molecule has 164 valence electrons. The summed E-state index contributed by atoms with van der Waals surface area (Å²) in [5.41, 5.74) is 0.242. The molecule has 0 spiro atoms. The van der Waals surface area contributed by atoms with Crippen LogP contribution in [-0.4, -0.2) is 35.8 Å². The molecule has 3 rings (SSSR count). The molecule has 1 fully saturated rings. The van der Waals surface area contributed by atoms with Gasteiger partial charge in [0.15, 0.2) is 0 Å². The molecule has 2 aromatic rings. The van der Waals surface area contributed by atoms with E-state index in [-0.39, 0.29) is 6.54 Å². The van der Waals surface area contributed by atoms with E-state index in [0.29, 0.717) is 17.5 Å². The topological polar surface area (TPSA) is 78.5 Å². The van der Waals surface area contributed by atoms with Gasteiger partial charge in [-0.05, 0) is 43.5 Å². The van der Waals surface area contributed by atoms with Gasteiger partial charge in [0.25, 0.3) is 5.91 Å². The second kappa shape index (κ2) is 8.41. The van der Waals surface area contributed by atoms with Gasteiger partial charge in [-0.1, -0.05) is 42.0 Å². The van der Waals surface area contributed by atoms with Crippen molar-refractivity contribution in [1.82, 2.24) is 15.5 Å². The van der Waals surface area contributed by atoms with Crippen LogP contribution in [0.4, 0.5) is 18.0 Å². The quantitative estimate of drug-likeness (QED) is 0.687. The number of carbonyl (C=O) groups excluding carboxylic acids is 3. The molecule has 0 bridgehead atoms. The van der Waals surface area contributed by atoms with Crippen LogP contribution in [0.15, 0.2) is 48.5 Å². The van der Waals surface area contributed by atoms with Crippen LogP contribution in [0.3, 0.4) is 0 Å². The molecule has 31 heavy (non-hydrogen) atoms. The van der Waals surface area contributed by atoms with Gasteiger partial charge in [-0.2, -0.15) is 13.2 Å². The van der Waals surface area contributed by atoms with Crippen LogP contribution in [0, 0.1) is 6.92 Å². The largest absolute Gasteiger partial charge is 0.416 e. The van der Waals surface area contributed by atoms with Crippen molar-refractivity contribution in [2.45, 2.75) is 32.0 Å². The number of imide groups is 1. The number of benzene rings is 2. The molecule has 0 saturated carbocycles. The van der Waals surface area contributed by atoms with E-state index in [4.69, 9.17) is 0 Å². The van der Waals surface area contributed by atoms with Crippen LogP contribution in [0.1, 0.15) is 29.2 Å². The maximum Gasteiger partial charge on any atom is 0.416 e. The number of nitrogens with one attached hydrogen (secondary N) is 2. The zero-order chi connectivity index (χ0) is 22.8. The Balaban J connectivity index is 1.55. The van der Waals surface area contributed by atoms with Crippen molar-refractivity contribution >= 4 is 17.8 Å². The van der Waals surface area contributed by atoms with Gasteiger partial charge >= 0.3 is 12.2 Å². The average molecular weight is 433 g/mol. The number of rotatable bonds is 6. The Bertz CT molecular complexity index is 988. The van der Waals surface area contributed by atoms with E-state index in [9.17, 15) is 27.6 Å². The molecule has 9 heteroatoms.